The number of nitrogens with zero attached hydrogens (tertiary/aromatic N) is 1. The number of hydrogen-bond acceptors (Lipinski definition) is 1. The Bertz CT molecular complexity index is 59.1. The standard InChI is InChI=1S/C5H13NSi/c1-6(2)7-4-3-5-7/h7H,3-5H2,1-2H3. The molecule has 1 rings (SSSR count). The first-order chi connectivity index (χ1) is 3.30. The van der Waals surface area contributed by atoms with E-state index in [1.807, 2.05) is 0 Å². The van der Waals surface area contributed by atoms with E-state index in [4.69, 9.17) is 0 Å². The Balaban J connectivity index is 2.14. The van der Waals surface area contributed by atoms with Crippen LogP contribution < -0.4 is 0 Å². The van der Waals surface area contributed by atoms with Gasteiger partial charge in [0.25, 0.3) is 0 Å². The summed E-state index contributed by atoms with van der Waals surface area (Å²) in [6.07, 6.45) is 1.51. The minimum absolute atomic E-state index is 0.241. The molecule has 0 aromatic rings. The molecule has 1 heterocycles. The molecule has 0 unspecified atom stereocenters. The summed E-state index contributed by atoms with van der Waals surface area (Å²) in [6, 6.07) is 3.12. The normalized spacial score (nSPS) is 22.7. The van der Waals surface area contributed by atoms with Crippen LogP contribution in [0.3, 0.4) is 0 Å². The molecular weight excluding hydrogens is 102 g/mol. The minimum Gasteiger partial charge on any atom is -0.331 e. The van der Waals surface area contributed by atoms with Crippen molar-refractivity contribution in [1.29, 1.82) is 0 Å². The van der Waals surface area contributed by atoms with E-state index in [1.165, 1.54) is 6.42 Å². The Labute approximate surface area is 47.0 Å². The van der Waals surface area contributed by atoms with Gasteiger partial charge in [-0.1, -0.05) is 6.42 Å². The third-order valence-electron chi connectivity index (χ3n) is 1.80. The largest absolute Gasteiger partial charge is 0.331 e. The van der Waals surface area contributed by atoms with Crippen LogP contribution >= 0.6 is 0 Å². The molecule has 42 valence electrons. The van der Waals surface area contributed by atoms with Crippen LogP contribution in [0.25, 0.3) is 0 Å². The van der Waals surface area contributed by atoms with Gasteiger partial charge >= 0.3 is 0 Å². The maximum atomic E-state index is 2.45. The lowest BCUT2D eigenvalue weighted by Gasteiger charge is -2.29. The van der Waals surface area contributed by atoms with Crippen LogP contribution in [0, 0.1) is 0 Å². The van der Waals surface area contributed by atoms with Crippen LogP contribution in [0.4, 0.5) is 0 Å². The summed E-state index contributed by atoms with van der Waals surface area (Å²) in [5, 5.41) is 0. The highest BCUT2D eigenvalue weighted by Crippen LogP contribution is 2.20. The molecule has 1 saturated heterocycles. The zero-order valence-electron chi connectivity index (χ0n) is 5.15. The Kier molecular flexibility index (Phi) is 1.49. The summed E-state index contributed by atoms with van der Waals surface area (Å²) in [7, 11) is 4.20. The molecule has 1 aliphatic heterocycles. The molecule has 0 aromatic carbocycles. The van der Waals surface area contributed by atoms with Crippen molar-refractivity contribution in [1.82, 2.24) is 4.57 Å². The molecule has 1 fully saturated rings. The summed E-state index contributed by atoms with van der Waals surface area (Å²) in [4.78, 5) is 0. The highest BCUT2D eigenvalue weighted by atomic mass is 28.3. The van der Waals surface area contributed by atoms with Gasteiger partial charge < -0.3 is 4.57 Å². The highest BCUT2D eigenvalue weighted by molar-refractivity contribution is 6.58. The summed E-state index contributed by atoms with van der Waals surface area (Å²) in [6.45, 7) is 0. The van der Waals surface area contributed by atoms with E-state index >= 15 is 0 Å². The Morgan fingerprint density at radius 3 is 1.86 bits per heavy atom. The van der Waals surface area contributed by atoms with Crippen LogP contribution in [0.5, 0.6) is 0 Å². The van der Waals surface area contributed by atoms with Crippen molar-refractivity contribution in [2.75, 3.05) is 14.1 Å². The lowest BCUT2D eigenvalue weighted by atomic mass is 10.5. The quantitative estimate of drug-likeness (QED) is 0.454. The van der Waals surface area contributed by atoms with Crippen molar-refractivity contribution in [3.05, 3.63) is 0 Å². The van der Waals surface area contributed by atoms with Gasteiger partial charge in [-0.2, -0.15) is 0 Å². The molecule has 0 amide bonds. The first-order valence-corrected chi connectivity index (χ1v) is 5.12. The second kappa shape index (κ2) is 1.97. The maximum Gasteiger partial charge on any atom is 0.111 e. The molecule has 0 atom stereocenters. The van der Waals surface area contributed by atoms with Gasteiger partial charge in [0, 0.05) is 0 Å². The van der Waals surface area contributed by atoms with E-state index < -0.39 is 0 Å². The van der Waals surface area contributed by atoms with Gasteiger partial charge in [-0.15, -0.1) is 0 Å². The summed E-state index contributed by atoms with van der Waals surface area (Å²) < 4.78 is 2.45. The first-order valence-electron chi connectivity index (χ1n) is 2.97. The summed E-state index contributed by atoms with van der Waals surface area (Å²) >= 11 is 0. The minimum atomic E-state index is -0.241. The average molecular weight is 115 g/mol. The van der Waals surface area contributed by atoms with Crippen molar-refractivity contribution in [3.63, 3.8) is 0 Å². The van der Waals surface area contributed by atoms with Gasteiger partial charge in [0.15, 0.2) is 0 Å². The molecule has 0 radical (unpaired) electrons. The smallest absolute Gasteiger partial charge is 0.111 e. The Morgan fingerprint density at radius 2 is 1.86 bits per heavy atom. The lowest BCUT2D eigenvalue weighted by Crippen LogP contribution is -2.37. The van der Waals surface area contributed by atoms with Gasteiger partial charge in [-0.05, 0) is 26.2 Å². The lowest BCUT2D eigenvalue weighted by molar-refractivity contribution is 0.601. The zero-order chi connectivity index (χ0) is 5.28. The molecule has 1 aliphatic rings. The molecule has 0 bridgehead atoms. The average Bonchev–Trinajstić information content (AvgIpc) is 1.23. The van der Waals surface area contributed by atoms with E-state index in [1.54, 1.807) is 12.1 Å². The fraction of sp³-hybridized carbons (Fsp3) is 1.00. The van der Waals surface area contributed by atoms with E-state index in [9.17, 15) is 0 Å². The SMILES string of the molecule is CN(C)[SiH]1CCC1. The predicted octanol–water partition coefficient (Wildman–Crippen LogP) is 0.675. The van der Waals surface area contributed by atoms with E-state index in [2.05, 4.69) is 18.7 Å². The third kappa shape index (κ3) is 1.04. The topological polar surface area (TPSA) is 3.24 Å². The first kappa shape index (κ1) is 5.32. The number of hydrogen-bond donors (Lipinski definition) is 0. The van der Waals surface area contributed by atoms with Crippen LogP contribution in [0.1, 0.15) is 6.42 Å². The Morgan fingerprint density at radius 1 is 1.29 bits per heavy atom. The zero-order valence-corrected chi connectivity index (χ0v) is 6.30. The monoisotopic (exact) mass is 115 g/mol. The van der Waals surface area contributed by atoms with Crippen molar-refractivity contribution in [2.24, 2.45) is 0 Å². The highest BCUT2D eigenvalue weighted by Gasteiger charge is 2.20. The summed E-state index contributed by atoms with van der Waals surface area (Å²) in [5.74, 6) is 0. The van der Waals surface area contributed by atoms with Crippen LogP contribution in [-0.4, -0.2) is 27.6 Å². The molecule has 0 aliphatic carbocycles. The van der Waals surface area contributed by atoms with Gasteiger partial charge in [-0.25, -0.2) is 0 Å². The second-order valence-electron chi connectivity index (χ2n) is 2.55. The molecule has 0 spiro atoms. The van der Waals surface area contributed by atoms with Crippen molar-refractivity contribution >= 4 is 8.96 Å². The second-order valence-corrected chi connectivity index (χ2v) is 6.04. The third-order valence-corrected chi connectivity index (χ3v) is 5.41. The van der Waals surface area contributed by atoms with Crippen molar-refractivity contribution in [2.45, 2.75) is 18.5 Å². The van der Waals surface area contributed by atoms with Gasteiger partial charge in [0.2, 0.25) is 0 Å². The maximum absolute atomic E-state index is 2.45. The molecule has 7 heavy (non-hydrogen) atoms. The molecule has 0 N–H and O–H groups in total. The molecule has 2 heteroatoms. The van der Waals surface area contributed by atoms with E-state index in [0.29, 0.717) is 0 Å². The van der Waals surface area contributed by atoms with Crippen LogP contribution in [0.2, 0.25) is 12.1 Å². The fourth-order valence-corrected chi connectivity index (χ4v) is 2.71. The van der Waals surface area contributed by atoms with Crippen molar-refractivity contribution < 1.29 is 0 Å². The molecule has 0 saturated carbocycles. The van der Waals surface area contributed by atoms with Crippen molar-refractivity contribution in [3.8, 4) is 0 Å². The Hall–Kier alpha value is 0.177. The molecular formula is C5H13NSi. The fourth-order valence-electron chi connectivity index (χ4n) is 0.903. The number of rotatable bonds is 1. The summed E-state index contributed by atoms with van der Waals surface area (Å²) in [5.41, 5.74) is 0. The van der Waals surface area contributed by atoms with Crippen LogP contribution in [-0.2, 0) is 0 Å². The predicted molar refractivity (Wildman–Crippen MR) is 35.1 cm³/mol. The molecule has 0 aromatic heterocycles. The van der Waals surface area contributed by atoms with E-state index in [-0.39, 0.29) is 8.96 Å². The van der Waals surface area contributed by atoms with Gasteiger partial charge in [0.1, 0.15) is 8.96 Å². The van der Waals surface area contributed by atoms with E-state index in [0.717, 1.165) is 0 Å². The van der Waals surface area contributed by atoms with Gasteiger partial charge in [0.05, 0.1) is 0 Å². The van der Waals surface area contributed by atoms with Gasteiger partial charge in [-0.3, -0.25) is 0 Å². The van der Waals surface area contributed by atoms with Crippen LogP contribution in [0.15, 0.2) is 0 Å². The molecule has 1 nitrogen and oxygen atoms in total.